The molecule has 1 aromatic carbocycles. The van der Waals surface area contributed by atoms with Crippen molar-refractivity contribution in [1.29, 1.82) is 0 Å². The maximum atomic E-state index is 12.4. The molecular formula is C14H13F3N4O2. The van der Waals surface area contributed by atoms with E-state index in [0.717, 1.165) is 12.4 Å². The fourth-order valence-corrected chi connectivity index (χ4v) is 1.52. The molecule has 0 radical (unpaired) electrons. The summed E-state index contributed by atoms with van der Waals surface area (Å²) < 4.78 is 42.5. The topological polar surface area (TPSA) is 67.4 Å². The van der Waals surface area contributed by atoms with Crippen molar-refractivity contribution in [2.45, 2.75) is 6.18 Å². The van der Waals surface area contributed by atoms with Crippen LogP contribution in [0.1, 0.15) is 5.82 Å². The molecule has 9 heteroatoms. The van der Waals surface area contributed by atoms with Crippen LogP contribution in [0, 0.1) is 0 Å². The number of carbonyl (C=O) groups is 1. The Balaban J connectivity index is 2.10. The third-order valence-corrected chi connectivity index (χ3v) is 2.61. The molecule has 0 bridgehead atoms. The highest BCUT2D eigenvalue weighted by molar-refractivity contribution is 5.89. The number of carbonyl (C=O) groups excluding carboxylic acids is 1. The Morgan fingerprint density at radius 3 is 2.39 bits per heavy atom. The predicted molar refractivity (Wildman–Crippen MR) is 76.3 cm³/mol. The van der Waals surface area contributed by atoms with Gasteiger partial charge in [0.25, 0.3) is 0 Å². The highest BCUT2D eigenvalue weighted by Crippen LogP contribution is 2.28. The summed E-state index contributed by atoms with van der Waals surface area (Å²) in [5.74, 6) is -0.865. The van der Waals surface area contributed by atoms with Crippen LogP contribution in [0.3, 0.4) is 0 Å². The van der Waals surface area contributed by atoms with E-state index in [9.17, 15) is 18.0 Å². The molecule has 2 rings (SSSR count). The zero-order valence-corrected chi connectivity index (χ0v) is 12.3. The minimum atomic E-state index is -4.60. The first-order valence-corrected chi connectivity index (χ1v) is 6.41. The first kappa shape index (κ1) is 16.5. The summed E-state index contributed by atoms with van der Waals surface area (Å²) in [5, 5.41) is 2.62. The van der Waals surface area contributed by atoms with E-state index >= 15 is 0 Å². The smallest absolute Gasteiger partial charge is 0.451 e. The van der Waals surface area contributed by atoms with E-state index in [2.05, 4.69) is 15.3 Å². The third-order valence-electron chi connectivity index (χ3n) is 2.61. The molecule has 0 unspecified atom stereocenters. The molecule has 0 aliphatic carbocycles. The van der Waals surface area contributed by atoms with E-state index in [1.807, 2.05) is 0 Å². The lowest BCUT2D eigenvalue weighted by Crippen LogP contribution is -2.27. The van der Waals surface area contributed by atoms with E-state index in [-0.39, 0.29) is 11.8 Å². The number of urea groups is 1. The van der Waals surface area contributed by atoms with E-state index < -0.39 is 12.0 Å². The molecule has 1 heterocycles. The van der Waals surface area contributed by atoms with E-state index in [4.69, 9.17) is 4.74 Å². The minimum absolute atomic E-state index is 0.0501. The molecule has 0 saturated carbocycles. The Labute approximate surface area is 129 Å². The van der Waals surface area contributed by atoms with Crippen molar-refractivity contribution < 1.29 is 22.7 Å². The van der Waals surface area contributed by atoms with Crippen molar-refractivity contribution >= 4 is 11.7 Å². The number of ether oxygens (including phenoxy) is 1. The molecule has 122 valence electrons. The second kappa shape index (κ2) is 6.51. The Morgan fingerprint density at radius 1 is 1.17 bits per heavy atom. The van der Waals surface area contributed by atoms with Gasteiger partial charge < -0.3 is 15.0 Å². The molecular weight excluding hydrogens is 313 g/mol. The SMILES string of the molecule is CN(C)C(=O)Nc1cccc(Oc2cnc(C(F)(F)F)nc2)c1. The Hall–Kier alpha value is -2.84. The standard InChI is InChI=1S/C14H13F3N4O2/c1-21(2)13(22)20-9-4-3-5-10(6-9)23-11-7-18-12(19-8-11)14(15,16)17/h3-8H,1-2H3,(H,20,22). The summed E-state index contributed by atoms with van der Waals surface area (Å²) in [5.41, 5.74) is 0.481. The molecule has 23 heavy (non-hydrogen) atoms. The van der Waals surface area contributed by atoms with E-state index in [0.29, 0.717) is 11.4 Å². The predicted octanol–water partition coefficient (Wildman–Crippen LogP) is 3.38. The van der Waals surface area contributed by atoms with Crippen LogP contribution in [0.25, 0.3) is 0 Å². The number of amides is 2. The molecule has 0 aliphatic rings. The third kappa shape index (κ3) is 4.56. The maximum Gasteiger partial charge on any atom is 0.451 e. The maximum absolute atomic E-state index is 12.4. The molecule has 0 saturated heterocycles. The Kier molecular flexibility index (Phi) is 4.68. The van der Waals surface area contributed by atoms with Crippen molar-refractivity contribution in [2.24, 2.45) is 0 Å². The van der Waals surface area contributed by atoms with Gasteiger partial charge in [-0.2, -0.15) is 13.2 Å². The zero-order chi connectivity index (χ0) is 17.0. The number of halogens is 3. The van der Waals surface area contributed by atoms with Gasteiger partial charge >= 0.3 is 12.2 Å². The van der Waals surface area contributed by atoms with Gasteiger partial charge in [0.2, 0.25) is 5.82 Å². The molecule has 1 N–H and O–H groups in total. The van der Waals surface area contributed by atoms with Crippen LogP contribution < -0.4 is 10.1 Å². The number of anilines is 1. The van der Waals surface area contributed by atoms with E-state index in [1.54, 1.807) is 32.3 Å². The summed E-state index contributed by atoms with van der Waals surface area (Å²) in [6.45, 7) is 0. The molecule has 2 amide bonds. The fourth-order valence-electron chi connectivity index (χ4n) is 1.52. The van der Waals surface area contributed by atoms with E-state index in [1.165, 1.54) is 11.0 Å². The van der Waals surface area contributed by atoms with Gasteiger partial charge in [-0.1, -0.05) is 6.07 Å². The molecule has 2 aromatic rings. The van der Waals surface area contributed by atoms with Crippen molar-refractivity contribution in [3.8, 4) is 11.5 Å². The number of hydrogen-bond acceptors (Lipinski definition) is 4. The van der Waals surface area contributed by atoms with Gasteiger partial charge in [0.05, 0.1) is 12.4 Å². The number of hydrogen-bond donors (Lipinski definition) is 1. The van der Waals surface area contributed by atoms with Crippen molar-refractivity contribution in [3.05, 3.63) is 42.5 Å². The molecule has 0 aliphatic heterocycles. The average molecular weight is 326 g/mol. The van der Waals surface area contributed by atoms with Crippen LogP contribution in [0.15, 0.2) is 36.7 Å². The average Bonchev–Trinajstić information content (AvgIpc) is 2.47. The van der Waals surface area contributed by atoms with Gasteiger partial charge in [0, 0.05) is 25.8 Å². The van der Waals surface area contributed by atoms with Gasteiger partial charge in [0.1, 0.15) is 5.75 Å². The summed E-state index contributed by atoms with van der Waals surface area (Å²) in [6.07, 6.45) is -2.74. The number of nitrogens with one attached hydrogen (secondary N) is 1. The highest BCUT2D eigenvalue weighted by atomic mass is 19.4. The van der Waals surface area contributed by atoms with Crippen LogP contribution in [-0.2, 0) is 6.18 Å². The lowest BCUT2D eigenvalue weighted by molar-refractivity contribution is -0.145. The molecule has 6 nitrogen and oxygen atoms in total. The summed E-state index contributed by atoms with van der Waals surface area (Å²) in [7, 11) is 3.18. The normalized spacial score (nSPS) is 11.0. The van der Waals surface area contributed by atoms with Gasteiger partial charge in [-0.05, 0) is 12.1 Å². The monoisotopic (exact) mass is 326 g/mol. The van der Waals surface area contributed by atoms with Crippen LogP contribution in [0.5, 0.6) is 11.5 Å². The quantitative estimate of drug-likeness (QED) is 0.939. The number of nitrogens with zero attached hydrogens (tertiary/aromatic N) is 3. The van der Waals surface area contributed by atoms with Gasteiger partial charge in [-0.25, -0.2) is 14.8 Å². The van der Waals surface area contributed by atoms with Gasteiger partial charge in [-0.15, -0.1) is 0 Å². The molecule has 0 spiro atoms. The van der Waals surface area contributed by atoms with Crippen molar-refractivity contribution in [1.82, 2.24) is 14.9 Å². The minimum Gasteiger partial charge on any atom is -0.454 e. The second-order valence-electron chi connectivity index (χ2n) is 4.69. The molecule has 1 aromatic heterocycles. The number of alkyl halides is 3. The Bertz CT molecular complexity index is 687. The summed E-state index contributed by atoms with van der Waals surface area (Å²) in [4.78, 5) is 19.3. The lowest BCUT2D eigenvalue weighted by atomic mass is 10.3. The molecule has 0 atom stereocenters. The van der Waals surface area contributed by atoms with Gasteiger partial charge in [-0.3, -0.25) is 0 Å². The van der Waals surface area contributed by atoms with Crippen LogP contribution in [0.4, 0.5) is 23.7 Å². The number of aromatic nitrogens is 2. The zero-order valence-electron chi connectivity index (χ0n) is 12.3. The van der Waals surface area contributed by atoms with Gasteiger partial charge in [0.15, 0.2) is 5.75 Å². The second-order valence-corrected chi connectivity index (χ2v) is 4.69. The Morgan fingerprint density at radius 2 is 1.83 bits per heavy atom. The highest BCUT2D eigenvalue weighted by Gasteiger charge is 2.34. The van der Waals surface area contributed by atoms with Crippen molar-refractivity contribution in [3.63, 3.8) is 0 Å². The summed E-state index contributed by atoms with van der Waals surface area (Å²) in [6, 6.07) is 6.07. The van der Waals surface area contributed by atoms with Crippen LogP contribution in [-0.4, -0.2) is 35.0 Å². The number of rotatable bonds is 3. The van der Waals surface area contributed by atoms with Crippen LogP contribution in [0.2, 0.25) is 0 Å². The number of benzene rings is 1. The fraction of sp³-hybridized carbons (Fsp3) is 0.214. The molecule has 0 fully saturated rings. The van der Waals surface area contributed by atoms with Crippen LogP contribution >= 0.6 is 0 Å². The largest absolute Gasteiger partial charge is 0.454 e. The first-order valence-electron chi connectivity index (χ1n) is 6.41. The van der Waals surface area contributed by atoms with Crippen molar-refractivity contribution in [2.75, 3.05) is 19.4 Å². The first-order chi connectivity index (χ1) is 10.8. The summed E-state index contributed by atoms with van der Waals surface area (Å²) >= 11 is 0. The lowest BCUT2D eigenvalue weighted by Gasteiger charge is -2.13.